The van der Waals surface area contributed by atoms with Crippen molar-refractivity contribution in [2.45, 2.75) is 13.0 Å². The summed E-state index contributed by atoms with van der Waals surface area (Å²) >= 11 is 3.33. The summed E-state index contributed by atoms with van der Waals surface area (Å²) in [6.07, 6.45) is 3.45. The van der Waals surface area contributed by atoms with E-state index in [4.69, 9.17) is 0 Å². The Morgan fingerprint density at radius 1 is 1.24 bits per heavy atom. The number of benzene rings is 1. The first-order valence-corrected chi connectivity index (χ1v) is 6.08. The van der Waals surface area contributed by atoms with Crippen LogP contribution in [0.5, 0.6) is 0 Å². The fraction of sp³-hybridized carbons (Fsp3) is 0.154. The Morgan fingerprint density at radius 2 is 1.94 bits per heavy atom. The highest BCUT2D eigenvalue weighted by Crippen LogP contribution is 2.28. The van der Waals surface area contributed by atoms with Gasteiger partial charge < -0.3 is 5.32 Å². The number of hydrogen-bond acceptors (Lipinski definition) is 2. The van der Waals surface area contributed by atoms with Gasteiger partial charge in [0.05, 0.1) is 5.69 Å². The topological polar surface area (TPSA) is 24.9 Å². The van der Waals surface area contributed by atoms with E-state index in [-0.39, 0.29) is 11.9 Å². The van der Waals surface area contributed by atoms with E-state index in [0.29, 0.717) is 5.69 Å². The molecule has 2 aromatic rings. The highest BCUT2D eigenvalue weighted by Gasteiger charge is 2.10. The summed E-state index contributed by atoms with van der Waals surface area (Å²) in [5.74, 6) is -0.264. The number of hydrogen-bond donors (Lipinski definition) is 1. The predicted octanol–water partition coefficient (Wildman–Crippen LogP) is 4.16. The smallest absolute Gasteiger partial charge is 0.147 e. The van der Waals surface area contributed by atoms with Crippen molar-refractivity contribution in [1.29, 1.82) is 0 Å². The van der Waals surface area contributed by atoms with Crippen LogP contribution in [0.1, 0.15) is 18.5 Å². The number of anilines is 1. The van der Waals surface area contributed by atoms with Crippen LogP contribution in [0.3, 0.4) is 0 Å². The van der Waals surface area contributed by atoms with Crippen molar-refractivity contribution >= 4 is 21.6 Å². The van der Waals surface area contributed by atoms with Gasteiger partial charge in [-0.15, -0.1) is 0 Å². The van der Waals surface area contributed by atoms with Gasteiger partial charge in [-0.1, -0.05) is 6.07 Å². The molecule has 0 bridgehead atoms. The fourth-order valence-electron chi connectivity index (χ4n) is 1.59. The third kappa shape index (κ3) is 2.82. The predicted molar refractivity (Wildman–Crippen MR) is 70.4 cm³/mol. The molecule has 0 aliphatic heterocycles. The van der Waals surface area contributed by atoms with Gasteiger partial charge in [0.15, 0.2) is 0 Å². The molecule has 4 heteroatoms. The maximum absolute atomic E-state index is 13.6. The van der Waals surface area contributed by atoms with Crippen LogP contribution in [-0.2, 0) is 0 Å². The van der Waals surface area contributed by atoms with Crippen molar-refractivity contribution in [1.82, 2.24) is 4.98 Å². The molecular weight excluding hydrogens is 283 g/mol. The van der Waals surface area contributed by atoms with Crippen molar-refractivity contribution < 1.29 is 4.39 Å². The molecule has 0 radical (unpaired) electrons. The largest absolute Gasteiger partial charge is 0.375 e. The lowest BCUT2D eigenvalue weighted by molar-refractivity contribution is 0.626. The first-order valence-electron chi connectivity index (χ1n) is 5.29. The van der Waals surface area contributed by atoms with Gasteiger partial charge in [0, 0.05) is 22.9 Å². The molecule has 1 aromatic carbocycles. The van der Waals surface area contributed by atoms with E-state index < -0.39 is 0 Å². The number of pyridine rings is 1. The van der Waals surface area contributed by atoms with E-state index in [1.54, 1.807) is 18.5 Å². The van der Waals surface area contributed by atoms with Crippen molar-refractivity contribution in [2.75, 3.05) is 5.32 Å². The molecule has 2 rings (SSSR count). The minimum Gasteiger partial charge on any atom is -0.375 e. The molecular formula is C13H12BrFN2. The SMILES string of the molecule is CC(Nc1c(F)cccc1Br)c1ccncc1. The zero-order chi connectivity index (χ0) is 12.3. The van der Waals surface area contributed by atoms with Gasteiger partial charge in [-0.2, -0.15) is 0 Å². The maximum Gasteiger partial charge on any atom is 0.147 e. The Kier molecular flexibility index (Phi) is 3.74. The average molecular weight is 295 g/mol. The highest BCUT2D eigenvalue weighted by molar-refractivity contribution is 9.10. The van der Waals surface area contributed by atoms with Crippen LogP contribution in [0.2, 0.25) is 0 Å². The lowest BCUT2D eigenvalue weighted by atomic mass is 10.1. The monoisotopic (exact) mass is 294 g/mol. The van der Waals surface area contributed by atoms with E-state index in [9.17, 15) is 4.39 Å². The molecule has 0 spiro atoms. The molecule has 1 heterocycles. The second kappa shape index (κ2) is 5.27. The normalized spacial score (nSPS) is 12.2. The summed E-state index contributed by atoms with van der Waals surface area (Å²) in [6, 6.07) is 8.75. The summed E-state index contributed by atoms with van der Waals surface area (Å²) < 4.78 is 14.3. The maximum atomic E-state index is 13.6. The van der Waals surface area contributed by atoms with Gasteiger partial charge in [-0.05, 0) is 52.7 Å². The summed E-state index contributed by atoms with van der Waals surface area (Å²) in [4.78, 5) is 3.96. The molecule has 17 heavy (non-hydrogen) atoms. The summed E-state index contributed by atoms with van der Waals surface area (Å²) in [5, 5.41) is 3.15. The van der Waals surface area contributed by atoms with Gasteiger partial charge in [-0.25, -0.2) is 4.39 Å². The summed E-state index contributed by atoms with van der Waals surface area (Å²) in [6.45, 7) is 1.98. The van der Waals surface area contributed by atoms with E-state index in [2.05, 4.69) is 26.2 Å². The Hall–Kier alpha value is -1.42. The van der Waals surface area contributed by atoms with Crippen LogP contribution in [-0.4, -0.2) is 4.98 Å². The molecule has 0 saturated heterocycles. The molecule has 2 nitrogen and oxygen atoms in total. The summed E-state index contributed by atoms with van der Waals surface area (Å²) in [7, 11) is 0. The number of halogens is 2. The van der Waals surface area contributed by atoms with E-state index >= 15 is 0 Å². The first kappa shape index (κ1) is 12.0. The second-order valence-electron chi connectivity index (χ2n) is 3.74. The molecule has 0 aliphatic rings. The Morgan fingerprint density at radius 3 is 2.59 bits per heavy atom. The third-order valence-corrected chi connectivity index (χ3v) is 3.19. The lowest BCUT2D eigenvalue weighted by Crippen LogP contribution is -2.08. The molecule has 1 aromatic heterocycles. The zero-order valence-corrected chi connectivity index (χ0v) is 10.9. The minimum absolute atomic E-state index is 0.0196. The number of para-hydroxylation sites is 1. The van der Waals surface area contributed by atoms with Gasteiger partial charge >= 0.3 is 0 Å². The quantitative estimate of drug-likeness (QED) is 0.919. The number of nitrogens with zero attached hydrogens (tertiary/aromatic N) is 1. The van der Waals surface area contributed by atoms with Crippen molar-refractivity contribution in [3.63, 3.8) is 0 Å². The second-order valence-corrected chi connectivity index (χ2v) is 4.60. The van der Waals surface area contributed by atoms with Crippen LogP contribution in [0.4, 0.5) is 10.1 Å². The number of aromatic nitrogens is 1. The van der Waals surface area contributed by atoms with Gasteiger partial charge in [-0.3, -0.25) is 4.98 Å². The van der Waals surface area contributed by atoms with Crippen molar-refractivity contribution in [3.8, 4) is 0 Å². The first-order chi connectivity index (χ1) is 8.18. The van der Waals surface area contributed by atoms with E-state index in [1.165, 1.54) is 6.07 Å². The summed E-state index contributed by atoms with van der Waals surface area (Å²) in [5.41, 5.74) is 1.55. The molecule has 88 valence electrons. The van der Waals surface area contributed by atoms with Gasteiger partial charge in [0.2, 0.25) is 0 Å². The Bertz CT molecular complexity index is 482. The number of rotatable bonds is 3. The minimum atomic E-state index is -0.264. The van der Waals surface area contributed by atoms with Crippen LogP contribution in [0, 0.1) is 5.82 Å². The van der Waals surface area contributed by atoms with E-state index in [1.807, 2.05) is 25.1 Å². The molecule has 0 saturated carbocycles. The lowest BCUT2D eigenvalue weighted by Gasteiger charge is -2.17. The van der Waals surface area contributed by atoms with Gasteiger partial charge in [0.25, 0.3) is 0 Å². The molecule has 1 unspecified atom stereocenters. The Balaban J connectivity index is 2.22. The van der Waals surface area contributed by atoms with Crippen LogP contribution in [0.25, 0.3) is 0 Å². The van der Waals surface area contributed by atoms with E-state index in [0.717, 1.165) is 10.0 Å². The third-order valence-electron chi connectivity index (χ3n) is 2.53. The van der Waals surface area contributed by atoms with Crippen molar-refractivity contribution in [2.24, 2.45) is 0 Å². The standard InChI is InChI=1S/C13H12BrFN2/c1-9(10-5-7-16-8-6-10)17-13-11(14)3-2-4-12(13)15/h2-9,17H,1H3. The molecule has 0 amide bonds. The molecule has 0 aliphatic carbocycles. The highest BCUT2D eigenvalue weighted by atomic mass is 79.9. The number of nitrogens with one attached hydrogen (secondary N) is 1. The fourth-order valence-corrected chi connectivity index (χ4v) is 2.04. The zero-order valence-electron chi connectivity index (χ0n) is 9.32. The molecule has 1 N–H and O–H groups in total. The van der Waals surface area contributed by atoms with Gasteiger partial charge in [0.1, 0.15) is 5.82 Å². The Labute approximate surface area is 108 Å². The van der Waals surface area contributed by atoms with Crippen LogP contribution >= 0.6 is 15.9 Å². The van der Waals surface area contributed by atoms with Crippen LogP contribution < -0.4 is 5.32 Å². The van der Waals surface area contributed by atoms with Crippen molar-refractivity contribution in [3.05, 3.63) is 58.6 Å². The van der Waals surface area contributed by atoms with Crippen LogP contribution in [0.15, 0.2) is 47.2 Å². The average Bonchev–Trinajstić information content (AvgIpc) is 2.35. The molecule has 0 fully saturated rings. The molecule has 1 atom stereocenters.